The summed E-state index contributed by atoms with van der Waals surface area (Å²) in [5.74, 6) is -0.268. The van der Waals surface area contributed by atoms with Gasteiger partial charge in [0.25, 0.3) is 0 Å². The van der Waals surface area contributed by atoms with E-state index in [1.807, 2.05) is 13.0 Å². The van der Waals surface area contributed by atoms with Gasteiger partial charge in [-0.1, -0.05) is 19.4 Å². The van der Waals surface area contributed by atoms with Crippen molar-refractivity contribution in [1.82, 2.24) is 0 Å². The molecule has 0 aliphatic heterocycles. The monoisotopic (exact) mass is 182 g/mol. The summed E-state index contributed by atoms with van der Waals surface area (Å²) in [7, 11) is 0. The highest BCUT2D eigenvalue weighted by Crippen LogP contribution is 1.98. The maximum absolute atomic E-state index is 11.1. The minimum Gasteiger partial charge on any atom is -0.431 e. The molecular formula is C11H18O2. The number of unbranched alkanes of at least 4 members (excludes halogenated alkanes) is 2. The Hall–Kier alpha value is -1.05. The summed E-state index contributed by atoms with van der Waals surface area (Å²) >= 11 is 0. The molecule has 0 heterocycles. The van der Waals surface area contributed by atoms with E-state index in [1.165, 1.54) is 6.26 Å². The zero-order valence-electron chi connectivity index (χ0n) is 8.67. The third kappa shape index (κ3) is 6.14. The molecule has 2 heteroatoms. The van der Waals surface area contributed by atoms with Crippen LogP contribution < -0.4 is 0 Å². The lowest BCUT2D eigenvalue weighted by Crippen LogP contribution is -2.00. The Balaban J connectivity index is 3.64. The van der Waals surface area contributed by atoms with E-state index in [0.29, 0.717) is 5.57 Å². The second kappa shape index (κ2) is 7.59. The Bertz CT molecular complexity index is 202. The molecule has 0 fully saturated rings. The van der Waals surface area contributed by atoms with E-state index in [9.17, 15) is 4.79 Å². The molecule has 0 bridgehead atoms. The Morgan fingerprint density at radius 2 is 2.15 bits per heavy atom. The number of carbonyl (C=O) groups is 1. The highest BCUT2D eigenvalue weighted by molar-refractivity contribution is 5.87. The van der Waals surface area contributed by atoms with Crippen molar-refractivity contribution in [3.8, 4) is 0 Å². The lowest BCUT2D eigenvalue weighted by atomic mass is 10.2. The van der Waals surface area contributed by atoms with Crippen LogP contribution in [0.15, 0.2) is 24.0 Å². The van der Waals surface area contributed by atoms with Crippen LogP contribution in [0.2, 0.25) is 0 Å². The van der Waals surface area contributed by atoms with Crippen LogP contribution in [0, 0.1) is 0 Å². The molecule has 0 aliphatic carbocycles. The van der Waals surface area contributed by atoms with Gasteiger partial charge in [0, 0.05) is 5.57 Å². The fraction of sp³-hybridized carbons (Fsp3) is 0.545. The summed E-state index contributed by atoms with van der Waals surface area (Å²) in [5.41, 5.74) is 0.639. The molecule has 0 aromatic rings. The van der Waals surface area contributed by atoms with E-state index in [1.54, 1.807) is 13.0 Å². The van der Waals surface area contributed by atoms with Gasteiger partial charge in [-0.15, -0.1) is 0 Å². The molecule has 0 saturated carbocycles. The molecule has 13 heavy (non-hydrogen) atoms. The molecule has 0 rings (SSSR count). The van der Waals surface area contributed by atoms with Crippen molar-refractivity contribution in [3.05, 3.63) is 24.0 Å². The molecule has 0 aliphatic rings. The average Bonchev–Trinajstić information content (AvgIpc) is 2.16. The van der Waals surface area contributed by atoms with Gasteiger partial charge in [0.05, 0.1) is 6.26 Å². The zero-order valence-corrected chi connectivity index (χ0v) is 8.67. The number of hydrogen-bond acceptors (Lipinski definition) is 2. The number of allylic oxidation sites excluding steroid dienone is 2. The summed E-state index contributed by atoms with van der Waals surface area (Å²) in [6.07, 6.45) is 8.36. The van der Waals surface area contributed by atoms with Crippen molar-refractivity contribution in [3.63, 3.8) is 0 Å². The molecular weight excluding hydrogens is 164 g/mol. The van der Waals surface area contributed by atoms with Crippen LogP contribution in [0.3, 0.4) is 0 Å². The topological polar surface area (TPSA) is 26.3 Å². The summed E-state index contributed by atoms with van der Waals surface area (Å²) in [4.78, 5) is 11.1. The van der Waals surface area contributed by atoms with Gasteiger partial charge in [-0.25, -0.2) is 4.79 Å². The van der Waals surface area contributed by atoms with E-state index in [-0.39, 0.29) is 5.97 Å². The van der Waals surface area contributed by atoms with Crippen molar-refractivity contribution in [1.29, 1.82) is 0 Å². The fourth-order valence-corrected chi connectivity index (χ4v) is 0.711. The summed E-state index contributed by atoms with van der Waals surface area (Å²) in [6.45, 7) is 5.68. The first kappa shape index (κ1) is 11.9. The number of esters is 1. The molecule has 0 radical (unpaired) electrons. The third-order valence-electron chi connectivity index (χ3n) is 1.75. The largest absolute Gasteiger partial charge is 0.431 e. The van der Waals surface area contributed by atoms with E-state index in [0.717, 1.165) is 19.3 Å². The van der Waals surface area contributed by atoms with Crippen LogP contribution in [-0.2, 0) is 9.53 Å². The number of carbonyl (C=O) groups excluding carboxylic acids is 1. The quantitative estimate of drug-likeness (QED) is 0.282. The first-order valence-corrected chi connectivity index (χ1v) is 4.71. The Labute approximate surface area is 80.3 Å². The minimum absolute atomic E-state index is 0.268. The first-order valence-electron chi connectivity index (χ1n) is 4.71. The van der Waals surface area contributed by atoms with Crippen molar-refractivity contribution in [2.45, 2.75) is 40.0 Å². The molecule has 0 amide bonds. The smallest absolute Gasteiger partial charge is 0.338 e. The SMILES string of the molecule is C/C=C(/C)C(=O)OC=CCCCC. The predicted octanol–water partition coefficient (Wildman–Crippen LogP) is 3.20. The van der Waals surface area contributed by atoms with Gasteiger partial charge in [0.1, 0.15) is 0 Å². The molecule has 0 saturated heterocycles. The molecule has 0 spiro atoms. The highest BCUT2D eigenvalue weighted by atomic mass is 16.5. The summed E-state index contributed by atoms with van der Waals surface area (Å²) < 4.78 is 4.85. The number of ether oxygens (including phenoxy) is 1. The lowest BCUT2D eigenvalue weighted by molar-refractivity contribution is -0.133. The first-order chi connectivity index (χ1) is 6.22. The number of hydrogen-bond donors (Lipinski definition) is 0. The van der Waals surface area contributed by atoms with Gasteiger partial charge in [-0.2, -0.15) is 0 Å². The van der Waals surface area contributed by atoms with Gasteiger partial charge in [0.2, 0.25) is 0 Å². The second-order valence-electron chi connectivity index (χ2n) is 2.89. The molecule has 0 aromatic carbocycles. The maximum atomic E-state index is 11.1. The normalized spacial score (nSPS) is 12.1. The maximum Gasteiger partial charge on any atom is 0.338 e. The predicted molar refractivity (Wildman–Crippen MR) is 54.2 cm³/mol. The molecule has 0 N–H and O–H groups in total. The van der Waals surface area contributed by atoms with E-state index in [2.05, 4.69) is 6.92 Å². The summed E-state index contributed by atoms with van der Waals surface area (Å²) in [5, 5.41) is 0. The van der Waals surface area contributed by atoms with Gasteiger partial charge < -0.3 is 4.74 Å². The van der Waals surface area contributed by atoms with Crippen LogP contribution in [0.25, 0.3) is 0 Å². The van der Waals surface area contributed by atoms with E-state index >= 15 is 0 Å². The van der Waals surface area contributed by atoms with Crippen molar-refractivity contribution in [2.24, 2.45) is 0 Å². The van der Waals surface area contributed by atoms with E-state index < -0.39 is 0 Å². The van der Waals surface area contributed by atoms with Crippen LogP contribution >= 0.6 is 0 Å². The van der Waals surface area contributed by atoms with Crippen molar-refractivity contribution in [2.75, 3.05) is 0 Å². The Morgan fingerprint density at radius 3 is 2.69 bits per heavy atom. The van der Waals surface area contributed by atoms with Gasteiger partial charge >= 0.3 is 5.97 Å². The average molecular weight is 182 g/mol. The van der Waals surface area contributed by atoms with Crippen LogP contribution in [-0.4, -0.2) is 5.97 Å². The van der Waals surface area contributed by atoms with Gasteiger partial charge in [0.15, 0.2) is 0 Å². The molecule has 0 atom stereocenters. The van der Waals surface area contributed by atoms with Crippen molar-refractivity contribution < 1.29 is 9.53 Å². The molecule has 0 aromatic heterocycles. The molecule has 0 unspecified atom stereocenters. The van der Waals surface area contributed by atoms with Crippen LogP contribution in [0.4, 0.5) is 0 Å². The zero-order chi connectivity index (χ0) is 10.1. The highest BCUT2D eigenvalue weighted by Gasteiger charge is 2.00. The summed E-state index contributed by atoms with van der Waals surface area (Å²) in [6, 6.07) is 0. The third-order valence-corrected chi connectivity index (χ3v) is 1.75. The van der Waals surface area contributed by atoms with Crippen LogP contribution in [0.5, 0.6) is 0 Å². The molecule has 2 nitrogen and oxygen atoms in total. The minimum atomic E-state index is -0.268. The second-order valence-corrected chi connectivity index (χ2v) is 2.89. The standard InChI is InChI=1S/C11H18O2/c1-4-6-7-8-9-13-11(12)10(3)5-2/h5,8-9H,4,6-7H2,1-3H3/b9-8?,10-5-. The van der Waals surface area contributed by atoms with Crippen LogP contribution in [0.1, 0.15) is 40.0 Å². The Morgan fingerprint density at radius 1 is 1.46 bits per heavy atom. The Kier molecular flexibility index (Phi) is 6.98. The molecule has 74 valence electrons. The lowest BCUT2D eigenvalue weighted by Gasteiger charge is -1.97. The van der Waals surface area contributed by atoms with Gasteiger partial charge in [-0.05, 0) is 32.8 Å². The number of rotatable bonds is 5. The van der Waals surface area contributed by atoms with E-state index in [4.69, 9.17) is 4.74 Å². The fourth-order valence-electron chi connectivity index (χ4n) is 0.711. The van der Waals surface area contributed by atoms with Crippen molar-refractivity contribution >= 4 is 5.97 Å². The van der Waals surface area contributed by atoms with Gasteiger partial charge in [-0.3, -0.25) is 0 Å².